The fourth-order valence-corrected chi connectivity index (χ4v) is 2.34. The van der Waals surface area contributed by atoms with Crippen LogP contribution in [0.4, 0.5) is 0 Å². The quantitative estimate of drug-likeness (QED) is 0.714. The Kier molecular flexibility index (Phi) is 2.09. The highest BCUT2D eigenvalue weighted by molar-refractivity contribution is 6.31. The molecule has 2 aromatic heterocycles. The van der Waals surface area contributed by atoms with Crippen molar-refractivity contribution >= 4 is 33.9 Å². The van der Waals surface area contributed by atoms with Crippen LogP contribution in [0, 0.1) is 0 Å². The first-order chi connectivity index (χ1) is 8.18. The SMILES string of the molecule is O=C(O)c1cc(Cl)n2ccc3ccccc3c12. The number of hydrogen-bond acceptors (Lipinski definition) is 1. The number of hydrogen-bond donors (Lipinski definition) is 1. The van der Waals surface area contributed by atoms with Gasteiger partial charge in [0.15, 0.2) is 0 Å². The van der Waals surface area contributed by atoms with E-state index in [0.29, 0.717) is 10.7 Å². The van der Waals surface area contributed by atoms with E-state index in [1.165, 1.54) is 6.07 Å². The smallest absolute Gasteiger partial charge is 0.337 e. The Bertz CT molecular complexity index is 746. The van der Waals surface area contributed by atoms with Crippen LogP contribution in [-0.2, 0) is 0 Å². The lowest BCUT2D eigenvalue weighted by Gasteiger charge is -2.03. The van der Waals surface area contributed by atoms with Crippen LogP contribution in [0.5, 0.6) is 0 Å². The van der Waals surface area contributed by atoms with Gasteiger partial charge in [-0.15, -0.1) is 0 Å². The summed E-state index contributed by atoms with van der Waals surface area (Å²) in [7, 11) is 0. The third kappa shape index (κ3) is 1.40. The number of nitrogens with zero attached hydrogens (tertiary/aromatic N) is 1. The minimum atomic E-state index is -0.967. The predicted octanol–water partition coefficient (Wildman–Crippen LogP) is 3.44. The molecule has 0 atom stereocenters. The molecule has 0 amide bonds. The van der Waals surface area contributed by atoms with Crippen LogP contribution in [0.15, 0.2) is 42.6 Å². The fourth-order valence-electron chi connectivity index (χ4n) is 2.09. The normalized spacial score (nSPS) is 11.1. The van der Waals surface area contributed by atoms with Gasteiger partial charge in [-0.25, -0.2) is 4.79 Å². The van der Waals surface area contributed by atoms with Gasteiger partial charge < -0.3 is 9.51 Å². The number of carboxylic acid groups (broad SMARTS) is 1. The second kappa shape index (κ2) is 3.50. The number of aromatic nitrogens is 1. The van der Waals surface area contributed by atoms with Crippen molar-refractivity contribution in [2.24, 2.45) is 0 Å². The number of pyridine rings is 1. The summed E-state index contributed by atoms with van der Waals surface area (Å²) >= 11 is 6.02. The Hall–Kier alpha value is -2.00. The Morgan fingerprint density at radius 2 is 2.00 bits per heavy atom. The molecule has 0 bridgehead atoms. The molecule has 0 saturated carbocycles. The molecular weight excluding hydrogens is 238 g/mol. The molecule has 0 saturated heterocycles. The summed E-state index contributed by atoms with van der Waals surface area (Å²) in [6.07, 6.45) is 1.78. The second-order valence-electron chi connectivity index (χ2n) is 3.81. The Balaban J connectivity index is 2.59. The molecule has 1 N–H and O–H groups in total. The molecule has 3 nitrogen and oxygen atoms in total. The Morgan fingerprint density at radius 3 is 2.76 bits per heavy atom. The maximum atomic E-state index is 11.2. The lowest BCUT2D eigenvalue weighted by Crippen LogP contribution is -1.95. The van der Waals surface area contributed by atoms with E-state index < -0.39 is 5.97 Å². The fraction of sp³-hybridized carbons (Fsp3) is 0. The number of aromatic carboxylic acids is 1. The van der Waals surface area contributed by atoms with E-state index in [-0.39, 0.29) is 5.56 Å². The van der Waals surface area contributed by atoms with Gasteiger partial charge in [0.25, 0.3) is 0 Å². The van der Waals surface area contributed by atoms with E-state index in [2.05, 4.69) is 0 Å². The molecule has 3 aromatic rings. The lowest BCUT2D eigenvalue weighted by molar-refractivity contribution is 0.0699. The third-order valence-corrected chi connectivity index (χ3v) is 3.13. The molecule has 0 fully saturated rings. The van der Waals surface area contributed by atoms with Crippen LogP contribution in [0.1, 0.15) is 10.4 Å². The summed E-state index contributed by atoms with van der Waals surface area (Å²) in [6.45, 7) is 0. The van der Waals surface area contributed by atoms with Gasteiger partial charge in [0.05, 0.1) is 11.1 Å². The molecule has 3 rings (SSSR count). The van der Waals surface area contributed by atoms with E-state index in [1.807, 2.05) is 30.3 Å². The van der Waals surface area contributed by atoms with Crippen molar-refractivity contribution in [1.82, 2.24) is 4.40 Å². The van der Waals surface area contributed by atoms with Crippen LogP contribution in [0.25, 0.3) is 16.3 Å². The molecule has 0 aliphatic heterocycles. The largest absolute Gasteiger partial charge is 0.478 e. The molecule has 0 unspecified atom stereocenters. The molecular formula is C13H8ClNO2. The van der Waals surface area contributed by atoms with Crippen LogP contribution in [0.2, 0.25) is 5.15 Å². The average molecular weight is 246 g/mol. The van der Waals surface area contributed by atoms with Crippen LogP contribution < -0.4 is 0 Å². The van der Waals surface area contributed by atoms with Gasteiger partial charge in [0.1, 0.15) is 5.15 Å². The maximum absolute atomic E-state index is 11.2. The highest BCUT2D eigenvalue weighted by Crippen LogP contribution is 2.28. The van der Waals surface area contributed by atoms with Gasteiger partial charge in [-0.2, -0.15) is 0 Å². The van der Waals surface area contributed by atoms with Crippen molar-refractivity contribution in [2.45, 2.75) is 0 Å². The number of fused-ring (bicyclic) bond motifs is 3. The van der Waals surface area contributed by atoms with E-state index >= 15 is 0 Å². The first-order valence-corrected chi connectivity index (χ1v) is 5.48. The summed E-state index contributed by atoms with van der Waals surface area (Å²) in [4.78, 5) is 11.2. The Labute approximate surface area is 102 Å². The standard InChI is InChI=1S/C13H8ClNO2/c14-11-7-10(13(16)17)12-9-4-2-1-3-8(9)5-6-15(11)12/h1-7H,(H,16,17). The number of halogens is 1. The van der Waals surface area contributed by atoms with Gasteiger partial charge in [-0.3, -0.25) is 0 Å². The van der Waals surface area contributed by atoms with Crippen molar-refractivity contribution in [2.75, 3.05) is 0 Å². The first kappa shape index (κ1) is 10.2. The van der Waals surface area contributed by atoms with Gasteiger partial charge >= 0.3 is 5.97 Å². The lowest BCUT2D eigenvalue weighted by atomic mass is 10.1. The summed E-state index contributed by atoms with van der Waals surface area (Å²) in [5, 5.41) is 11.5. The average Bonchev–Trinajstić information content (AvgIpc) is 2.67. The van der Waals surface area contributed by atoms with Gasteiger partial charge in [-0.1, -0.05) is 35.9 Å². The predicted molar refractivity (Wildman–Crippen MR) is 66.9 cm³/mol. The third-order valence-electron chi connectivity index (χ3n) is 2.84. The number of carbonyl (C=O) groups is 1. The topological polar surface area (TPSA) is 41.7 Å². The summed E-state index contributed by atoms with van der Waals surface area (Å²) in [5.41, 5.74) is 0.868. The molecule has 2 heterocycles. The summed E-state index contributed by atoms with van der Waals surface area (Å²) in [5.74, 6) is -0.967. The molecule has 0 aliphatic rings. The molecule has 0 radical (unpaired) electrons. The molecule has 0 spiro atoms. The van der Waals surface area contributed by atoms with E-state index in [0.717, 1.165) is 10.8 Å². The molecule has 4 heteroatoms. The minimum absolute atomic E-state index is 0.229. The maximum Gasteiger partial charge on any atom is 0.337 e. The van der Waals surface area contributed by atoms with Gasteiger partial charge in [0, 0.05) is 11.6 Å². The number of benzene rings is 1. The van der Waals surface area contributed by atoms with Crippen LogP contribution in [-0.4, -0.2) is 15.5 Å². The summed E-state index contributed by atoms with van der Waals surface area (Å²) in [6, 6.07) is 11.0. The molecule has 84 valence electrons. The molecule has 0 aliphatic carbocycles. The second-order valence-corrected chi connectivity index (χ2v) is 4.19. The van der Waals surface area contributed by atoms with Crippen molar-refractivity contribution in [3.05, 3.63) is 53.3 Å². The monoisotopic (exact) mass is 245 g/mol. The van der Waals surface area contributed by atoms with Gasteiger partial charge in [-0.05, 0) is 17.5 Å². The minimum Gasteiger partial charge on any atom is -0.478 e. The van der Waals surface area contributed by atoms with Crippen LogP contribution in [0.3, 0.4) is 0 Å². The van der Waals surface area contributed by atoms with E-state index in [1.54, 1.807) is 10.6 Å². The van der Waals surface area contributed by atoms with E-state index in [4.69, 9.17) is 11.6 Å². The number of carboxylic acids is 1. The zero-order valence-corrected chi connectivity index (χ0v) is 9.48. The molecule has 1 aromatic carbocycles. The number of rotatable bonds is 1. The van der Waals surface area contributed by atoms with Crippen molar-refractivity contribution in [3.63, 3.8) is 0 Å². The molecule has 17 heavy (non-hydrogen) atoms. The van der Waals surface area contributed by atoms with E-state index in [9.17, 15) is 9.90 Å². The Morgan fingerprint density at radius 1 is 1.24 bits per heavy atom. The zero-order valence-electron chi connectivity index (χ0n) is 8.72. The van der Waals surface area contributed by atoms with Crippen molar-refractivity contribution in [3.8, 4) is 0 Å². The highest BCUT2D eigenvalue weighted by Gasteiger charge is 2.15. The van der Waals surface area contributed by atoms with Crippen LogP contribution >= 0.6 is 11.6 Å². The van der Waals surface area contributed by atoms with Crippen molar-refractivity contribution in [1.29, 1.82) is 0 Å². The van der Waals surface area contributed by atoms with Gasteiger partial charge in [0.2, 0.25) is 0 Å². The zero-order chi connectivity index (χ0) is 12.0. The van der Waals surface area contributed by atoms with Crippen molar-refractivity contribution < 1.29 is 9.90 Å². The summed E-state index contributed by atoms with van der Waals surface area (Å²) < 4.78 is 1.69. The first-order valence-electron chi connectivity index (χ1n) is 5.10. The highest BCUT2D eigenvalue weighted by atomic mass is 35.5.